The van der Waals surface area contributed by atoms with Crippen molar-refractivity contribution in [3.05, 3.63) is 58.0 Å². The van der Waals surface area contributed by atoms with E-state index in [2.05, 4.69) is 5.32 Å². The third kappa shape index (κ3) is 4.63. The maximum atomic E-state index is 12.2. The molecule has 1 aliphatic carbocycles. The van der Waals surface area contributed by atoms with Gasteiger partial charge in [-0.15, -0.1) is 11.8 Å². The molecule has 1 saturated carbocycles. The number of hydrogen-bond acceptors (Lipinski definition) is 5. The summed E-state index contributed by atoms with van der Waals surface area (Å²) in [5.41, 5.74) is 0.285. The lowest BCUT2D eigenvalue weighted by molar-refractivity contribution is -0.387. The molecule has 0 aliphatic heterocycles. The van der Waals surface area contributed by atoms with Gasteiger partial charge in [0.25, 0.3) is 11.6 Å². The van der Waals surface area contributed by atoms with Gasteiger partial charge in [0.2, 0.25) is 0 Å². The van der Waals surface area contributed by atoms with Crippen LogP contribution < -0.4 is 5.32 Å². The van der Waals surface area contributed by atoms with E-state index in [0.717, 1.165) is 12.8 Å². The molecule has 0 bridgehead atoms. The maximum Gasteiger partial charge on any atom is 0.283 e. The number of thioether (sulfide) groups is 1. The van der Waals surface area contributed by atoms with Gasteiger partial charge < -0.3 is 9.73 Å². The Labute approximate surface area is 150 Å². The van der Waals surface area contributed by atoms with Gasteiger partial charge in [-0.25, -0.2) is 0 Å². The van der Waals surface area contributed by atoms with Gasteiger partial charge in [-0.05, 0) is 37.1 Å². The average molecular weight is 360 g/mol. The summed E-state index contributed by atoms with van der Waals surface area (Å²) in [6, 6.07) is 8.20. The van der Waals surface area contributed by atoms with E-state index in [0.29, 0.717) is 15.9 Å². The van der Waals surface area contributed by atoms with Gasteiger partial charge in [0.15, 0.2) is 0 Å². The van der Waals surface area contributed by atoms with E-state index < -0.39 is 4.92 Å². The van der Waals surface area contributed by atoms with E-state index in [-0.39, 0.29) is 23.7 Å². The highest BCUT2D eigenvalue weighted by Gasteiger charge is 2.22. The fourth-order valence-electron chi connectivity index (χ4n) is 2.95. The Balaban J connectivity index is 1.71. The second-order valence-corrected chi connectivity index (χ2v) is 7.42. The molecule has 0 unspecified atom stereocenters. The number of carbonyl (C=O) groups is 1. The molecule has 0 atom stereocenters. The number of amides is 1. The number of nitro groups is 1. The van der Waals surface area contributed by atoms with Crippen LogP contribution in [0.15, 0.2) is 45.9 Å². The normalized spacial score (nSPS) is 15.0. The van der Waals surface area contributed by atoms with Crippen LogP contribution in [0.1, 0.15) is 48.2 Å². The van der Waals surface area contributed by atoms with Gasteiger partial charge >= 0.3 is 0 Å². The summed E-state index contributed by atoms with van der Waals surface area (Å²) in [4.78, 5) is 23.9. The van der Waals surface area contributed by atoms with Crippen LogP contribution >= 0.6 is 11.8 Å². The van der Waals surface area contributed by atoms with Crippen LogP contribution in [0, 0.1) is 10.1 Å². The predicted molar refractivity (Wildman–Crippen MR) is 95.7 cm³/mol. The number of rotatable bonds is 6. The molecule has 1 aliphatic rings. The van der Waals surface area contributed by atoms with Gasteiger partial charge in [-0.2, -0.15) is 0 Å². The van der Waals surface area contributed by atoms with Crippen LogP contribution in [-0.4, -0.2) is 16.1 Å². The van der Waals surface area contributed by atoms with Crippen molar-refractivity contribution >= 4 is 23.4 Å². The standard InChI is InChI=1S/C18H20N2O4S/c21-18(19-12-14-5-4-10-24-14)13-8-9-17(16(11-13)20(22)23)25-15-6-2-1-3-7-15/h4-5,8-11,15H,1-3,6-7,12H2,(H,19,21). The minimum Gasteiger partial charge on any atom is -0.467 e. The Kier molecular flexibility index (Phi) is 5.75. The van der Waals surface area contributed by atoms with Crippen molar-refractivity contribution in [1.82, 2.24) is 5.32 Å². The molecule has 0 radical (unpaired) electrons. The molecular formula is C18H20N2O4S. The molecule has 1 amide bonds. The van der Waals surface area contributed by atoms with Crippen LogP contribution in [0.4, 0.5) is 5.69 Å². The Morgan fingerprint density at radius 2 is 2.08 bits per heavy atom. The molecule has 132 valence electrons. The van der Waals surface area contributed by atoms with Gasteiger partial charge in [0, 0.05) is 16.9 Å². The fourth-order valence-corrected chi connectivity index (χ4v) is 4.28. The average Bonchev–Trinajstić information content (AvgIpc) is 3.14. The Bertz CT molecular complexity index is 740. The summed E-state index contributed by atoms with van der Waals surface area (Å²) in [6.45, 7) is 0.248. The molecule has 6 nitrogen and oxygen atoms in total. The van der Waals surface area contributed by atoms with Crippen molar-refractivity contribution in [2.45, 2.75) is 48.8 Å². The smallest absolute Gasteiger partial charge is 0.283 e. The summed E-state index contributed by atoms with van der Waals surface area (Å²) < 4.78 is 5.16. The van der Waals surface area contributed by atoms with Crippen LogP contribution in [0.3, 0.4) is 0 Å². The number of benzene rings is 1. The van der Waals surface area contributed by atoms with Crippen molar-refractivity contribution in [2.24, 2.45) is 0 Å². The largest absolute Gasteiger partial charge is 0.467 e. The zero-order valence-electron chi connectivity index (χ0n) is 13.8. The molecule has 0 saturated heterocycles. The highest BCUT2D eigenvalue weighted by molar-refractivity contribution is 8.00. The van der Waals surface area contributed by atoms with E-state index in [9.17, 15) is 14.9 Å². The number of hydrogen-bond donors (Lipinski definition) is 1. The molecule has 7 heteroatoms. The second kappa shape index (κ2) is 8.20. The van der Waals surface area contributed by atoms with Crippen molar-refractivity contribution in [2.75, 3.05) is 0 Å². The zero-order chi connectivity index (χ0) is 17.6. The summed E-state index contributed by atoms with van der Waals surface area (Å²) in [6.07, 6.45) is 7.31. The fraction of sp³-hybridized carbons (Fsp3) is 0.389. The van der Waals surface area contributed by atoms with Crippen molar-refractivity contribution < 1.29 is 14.1 Å². The zero-order valence-corrected chi connectivity index (χ0v) is 14.6. The van der Waals surface area contributed by atoms with E-state index >= 15 is 0 Å². The highest BCUT2D eigenvalue weighted by Crippen LogP contribution is 2.38. The predicted octanol–water partition coefficient (Wildman–Crippen LogP) is 4.54. The molecule has 25 heavy (non-hydrogen) atoms. The topological polar surface area (TPSA) is 85.4 Å². The van der Waals surface area contributed by atoms with Crippen molar-refractivity contribution in [3.63, 3.8) is 0 Å². The summed E-state index contributed by atoms with van der Waals surface area (Å²) >= 11 is 1.56. The first-order chi connectivity index (χ1) is 12.1. The minimum absolute atomic E-state index is 0.00113. The quantitative estimate of drug-likeness (QED) is 0.604. The molecule has 1 aromatic carbocycles. The Hall–Kier alpha value is -2.28. The Morgan fingerprint density at radius 1 is 1.28 bits per heavy atom. The van der Waals surface area contributed by atoms with Crippen molar-refractivity contribution in [3.8, 4) is 0 Å². The molecule has 3 rings (SSSR count). The van der Waals surface area contributed by atoms with Gasteiger partial charge in [0.05, 0.1) is 22.6 Å². The lowest BCUT2D eigenvalue weighted by atomic mass is 10.0. The summed E-state index contributed by atoms with van der Waals surface area (Å²) in [5.74, 6) is 0.279. The van der Waals surface area contributed by atoms with E-state index in [1.807, 2.05) is 0 Å². The number of carbonyl (C=O) groups excluding carboxylic acids is 1. The monoisotopic (exact) mass is 360 g/mol. The number of nitrogens with zero attached hydrogens (tertiary/aromatic N) is 1. The molecular weight excluding hydrogens is 340 g/mol. The van der Waals surface area contributed by atoms with Gasteiger partial charge in [0.1, 0.15) is 5.76 Å². The number of furan rings is 1. The van der Waals surface area contributed by atoms with Crippen LogP contribution in [0.2, 0.25) is 0 Å². The third-order valence-corrected chi connectivity index (χ3v) is 5.67. The lowest BCUT2D eigenvalue weighted by Gasteiger charge is -2.20. The second-order valence-electron chi connectivity index (χ2n) is 6.08. The van der Waals surface area contributed by atoms with Gasteiger partial charge in [-0.1, -0.05) is 19.3 Å². The molecule has 1 aromatic heterocycles. The van der Waals surface area contributed by atoms with E-state index in [1.54, 1.807) is 36.0 Å². The SMILES string of the molecule is O=C(NCc1ccco1)c1ccc(SC2CCCCC2)c([N+](=O)[O-])c1. The first kappa shape index (κ1) is 17.5. The number of nitro benzene ring substituents is 1. The Morgan fingerprint density at radius 3 is 2.76 bits per heavy atom. The van der Waals surface area contributed by atoms with E-state index in [4.69, 9.17) is 4.42 Å². The number of nitrogens with one attached hydrogen (secondary N) is 1. The summed E-state index contributed by atoms with van der Waals surface area (Å²) in [7, 11) is 0. The molecule has 1 fully saturated rings. The first-order valence-electron chi connectivity index (χ1n) is 8.39. The van der Waals surface area contributed by atoms with Crippen LogP contribution in [-0.2, 0) is 6.54 Å². The lowest BCUT2D eigenvalue weighted by Crippen LogP contribution is -2.22. The summed E-state index contributed by atoms with van der Waals surface area (Å²) in [5, 5.41) is 14.6. The van der Waals surface area contributed by atoms with Crippen LogP contribution in [0.5, 0.6) is 0 Å². The maximum absolute atomic E-state index is 12.2. The van der Waals surface area contributed by atoms with Gasteiger partial charge in [-0.3, -0.25) is 14.9 Å². The van der Waals surface area contributed by atoms with Crippen LogP contribution in [0.25, 0.3) is 0 Å². The highest BCUT2D eigenvalue weighted by atomic mass is 32.2. The first-order valence-corrected chi connectivity index (χ1v) is 9.27. The molecule has 2 aromatic rings. The third-order valence-electron chi connectivity index (χ3n) is 4.27. The minimum atomic E-state index is -0.408. The van der Waals surface area contributed by atoms with Crippen molar-refractivity contribution in [1.29, 1.82) is 0 Å². The van der Waals surface area contributed by atoms with E-state index in [1.165, 1.54) is 31.6 Å². The molecule has 1 heterocycles. The molecule has 1 N–H and O–H groups in total. The molecule has 0 spiro atoms.